The van der Waals surface area contributed by atoms with E-state index >= 15 is 0 Å². The van der Waals surface area contributed by atoms with Crippen molar-refractivity contribution in [2.45, 2.75) is 7.18 Å². The number of nitrogens with zero attached hydrogens (tertiary/aromatic N) is 2. The Morgan fingerprint density at radius 1 is 1.33 bits per heavy atom. The number of nitro groups is 2. The van der Waals surface area contributed by atoms with E-state index in [1.165, 1.54) is 0 Å². The number of hydrogen-bond donors (Lipinski definition) is 1. The fraction of sp³-hybridized carbons (Fsp3) is 0.667. The van der Waals surface area contributed by atoms with Crippen molar-refractivity contribution in [3.05, 3.63) is 20.2 Å². The first-order valence-corrected chi connectivity index (χ1v) is 6.09. The van der Waals surface area contributed by atoms with Crippen molar-refractivity contribution in [1.29, 1.82) is 0 Å². The summed E-state index contributed by atoms with van der Waals surface area (Å²) < 4.78 is 2.19. The van der Waals surface area contributed by atoms with Crippen molar-refractivity contribution >= 4 is 54.9 Å². The third-order valence-corrected chi connectivity index (χ3v) is 0.620. The van der Waals surface area contributed by atoms with E-state index in [1.807, 2.05) is 0 Å². The molecule has 64 valence electrons. The number of carboxylic acid groups (broad SMARTS) is 1. The van der Waals surface area contributed by atoms with Gasteiger partial charge < -0.3 is 5.11 Å². The van der Waals surface area contributed by atoms with E-state index < -0.39 is 22.0 Å². The molecular formula is C3H5KN2O6. The molecule has 12 heavy (non-hydrogen) atoms. The Morgan fingerprint density at radius 2 is 1.58 bits per heavy atom. The Bertz CT molecular complexity index is 160. The van der Waals surface area contributed by atoms with Crippen molar-refractivity contribution in [2.75, 3.05) is 0 Å². The van der Waals surface area contributed by atoms with Crippen LogP contribution in [0.15, 0.2) is 0 Å². The monoisotopic (exact) mass is 204 g/mol. The fourth-order valence-corrected chi connectivity index (χ4v) is 0.257. The zero-order valence-corrected chi connectivity index (χ0v) is 9.58. The van der Waals surface area contributed by atoms with Crippen LogP contribution in [0.1, 0.15) is 0 Å². The Labute approximate surface area is 101 Å². The van der Waals surface area contributed by atoms with Crippen molar-refractivity contribution in [3.8, 4) is 0 Å². The van der Waals surface area contributed by atoms with Gasteiger partial charge in [0.1, 0.15) is 9.85 Å². The van der Waals surface area contributed by atoms with Gasteiger partial charge >= 0.3 is 62.1 Å². The van der Waals surface area contributed by atoms with Gasteiger partial charge in [-0.25, -0.2) is 4.79 Å². The molecule has 0 bridgehead atoms. The van der Waals surface area contributed by atoms with Crippen LogP contribution in [-0.2, 0) is 4.79 Å². The summed E-state index contributed by atoms with van der Waals surface area (Å²) in [5, 5.41) is 27.0. The fourth-order valence-electron chi connectivity index (χ4n) is 0.257. The Morgan fingerprint density at radius 3 is 1.58 bits per heavy atom. The van der Waals surface area contributed by atoms with Gasteiger partial charge in [0.05, 0.1) is 0 Å². The van der Waals surface area contributed by atoms with Crippen LogP contribution in [0.2, 0.25) is 1.02 Å². The average molecular weight is 204 g/mol. The zero-order chi connectivity index (χ0) is 10.3. The van der Waals surface area contributed by atoms with Gasteiger partial charge in [-0.2, -0.15) is 0 Å². The molecule has 0 aliphatic heterocycles. The van der Waals surface area contributed by atoms with Gasteiger partial charge in [0.15, 0.2) is 0 Å². The van der Waals surface area contributed by atoms with E-state index in [2.05, 4.69) is 1.02 Å². The summed E-state index contributed by atoms with van der Waals surface area (Å²) >= 11 is 1.06. The molecule has 0 aliphatic carbocycles. The second-order valence-corrected chi connectivity index (χ2v) is 1.28. The van der Waals surface area contributed by atoms with E-state index in [0.717, 1.165) is 49.0 Å². The molecule has 8 nitrogen and oxygen atoms in total. The van der Waals surface area contributed by atoms with Crippen LogP contribution in [0, 0.1) is 20.2 Å². The third kappa shape index (κ3) is 5.54. The van der Waals surface area contributed by atoms with E-state index in [9.17, 15) is 25.0 Å². The molecule has 0 spiro atoms. The van der Waals surface area contributed by atoms with Crippen molar-refractivity contribution in [2.24, 2.45) is 0 Å². The summed E-state index contributed by atoms with van der Waals surface area (Å²) in [6.45, 7) is 0. The van der Waals surface area contributed by atoms with Gasteiger partial charge in [-0.15, -0.1) is 0 Å². The van der Waals surface area contributed by atoms with Gasteiger partial charge in [0.25, 0.3) is 0 Å². The van der Waals surface area contributed by atoms with Crippen LogP contribution in [-0.4, -0.2) is 76.0 Å². The Kier molecular flexibility index (Phi) is 9.08. The summed E-state index contributed by atoms with van der Waals surface area (Å²) in [7, 11) is 0. The molecule has 0 aromatic carbocycles. The zero-order valence-electron chi connectivity index (χ0n) is 6.46. The van der Waals surface area contributed by atoms with Crippen molar-refractivity contribution in [1.82, 2.24) is 0 Å². The van der Waals surface area contributed by atoms with Crippen LogP contribution in [0.3, 0.4) is 0 Å². The SMILES string of the molecule is O=C(O)C([N+](=O)[O-])[N+](=O)[O-].[CH3][K]. The maximum atomic E-state index is 9.70. The van der Waals surface area contributed by atoms with E-state index in [4.69, 9.17) is 5.11 Å². The van der Waals surface area contributed by atoms with Crippen LogP contribution in [0.4, 0.5) is 0 Å². The standard InChI is InChI=1S/C2H2N2O6.CH3.K/c5-2(6)1(3(7)8)4(9)10;;/h1H,(H,5,6);1H3;. The molecule has 0 radical (unpaired) electrons. The summed E-state index contributed by atoms with van der Waals surface area (Å²) in [5.74, 6) is -2.07. The van der Waals surface area contributed by atoms with Gasteiger partial charge in [-0.1, -0.05) is 0 Å². The Balaban J connectivity index is 0. The first-order valence-electron chi connectivity index (χ1n) is 2.96. The summed E-state index contributed by atoms with van der Waals surface area (Å²) in [6, 6.07) is 0. The molecule has 0 saturated carbocycles. The van der Waals surface area contributed by atoms with E-state index in [0.29, 0.717) is 0 Å². The van der Waals surface area contributed by atoms with E-state index in [1.54, 1.807) is 0 Å². The van der Waals surface area contributed by atoms with Crippen LogP contribution in [0.25, 0.3) is 0 Å². The molecule has 0 amide bonds. The number of aliphatic carboxylic acids is 1. The van der Waals surface area contributed by atoms with Gasteiger partial charge in [-0.3, -0.25) is 20.2 Å². The summed E-state index contributed by atoms with van der Waals surface area (Å²) in [5.41, 5.74) is 0. The predicted molar refractivity (Wildman–Crippen MR) is 37.0 cm³/mol. The minimum atomic E-state index is -2.75. The molecule has 1 N–H and O–H groups in total. The molecular weight excluding hydrogens is 199 g/mol. The molecule has 9 heteroatoms. The summed E-state index contributed by atoms with van der Waals surface area (Å²) in [6.07, 6.45) is -2.75. The number of carboxylic acids is 1. The first kappa shape index (κ1) is 14.4. The molecule has 0 rings (SSSR count). The molecule has 0 unspecified atom stereocenters. The quantitative estimate of drug-likeness (QED) is 0.276. The normalized spacial score (nSPS) is 8.33. The Hall–Kier alpha value is -0.0936. The number of hydrogen-bond acceptors (Lipinski definition) is 5. The topological polar surface area (TPSA) is 124 Å². The van der Waals surface area contributed by atoms with Crippen molar-refractivity contribution in [3.63, 3.8) is 0 Å². The van der Waals surface area contributed by atoms with E-state index in [-0.39, 0.29) is 0 Å². The van der Waals surface area contributed by atoms with Crippen LogP contribution in [0.5, 0.6) is 0 Å². The summed E-state index contributed by atoms with van der Waals surface area (Å²) in [4.78, 5) is 25.9. The van der Waals surface area contributed by atoms with Crippen LogP contribution >= 0.6 is 0 Å². The molecule has 0 heterocycles. The maximum absolute atomic E-state index is 9.70. The molecule has 0 saturated heterocycles. The van der Waals surface area contributed by atoms with Gasteiger partial charge in [-0.05, 0) is 0 Å². The van der Waals surface area contributed by atoms with Crippen molar-refractivity contribution < 1.29 is 19.7 Å². The second kappa shape index (κ2) is 7.55. The molecule has 0 fully saturated rings. The molecule has 0 aliphatic rings. The van der Waals surface area contributed by atoms with Gasteiger partial charge in [0.2, 0.25) is 0 Å². The average Bonchev–Trinajstić information content (AvgIpc) is 1.88. The molecule has 0 aromatic heterocycles. The molecule has 0 atom stereocenters. The van der Waals surface area contributed by atoms with Crippen LogP contribution < -0.4 is 0 Å². The number of rotatable bonds is 3. The third-order valence-electron chi connectivity index (χ3n) is 0.620. The second-order valence-electron chi connectivity index (χ2n) is 1.28. The predicted octanol–water partition coefficient (Wildman–Crippen LogP) is -0.846. The number of carbonyl (C=O) groups is 1. The molecule has 0 aromatic rings. The first-order chi connectivity index (χ1) is 5.46. The minimum absolute atomic E-state index is 1.06. The van der Waals surface area contributed by atoms with Gasteiger partial charge in [0, 0.05) is 0 Å².